The van der Waals surface area contributed by atoms with Crippen molar-refractivity contribution in [3.8, 4) is 0 Å². The van der Waals surface area contributed by atoms with Crippen molar-refractivity contribution in [2.75, 3.05) is 0 Å². The van der Waals surface area contributed by atoms with Crippen LogP contribution in [0.3, 0.4) is 0 Å². The SMILES string of the molecule is C[C@H](N)C=O. The van der Waals surface area contributed by atoms with Crippen LogP contribution < -0.4 is 5.73 Å². The summed E-state index contributed by atoms with van der Waals surface area (Å²) in [6.07, 6.45) is 0.694. The van der Waals surface area contributed by atoms with Gasteiger partial charge in [0.25, 0.3) is 0 Å². The summed E-state index contributed by atoms with van der Waals surface area (Å²) in [7, 11) is 0. The van der Waals surface area contributed by atoms with Crippen LogP contribution >= 0.6 is 0 Å². The molecule has 0 heterocycles. The van der Waals surface area contributed by atoms with Crippen molar-refractivity contribution in [2.24, 2.45) is 5.73 Å². The topological polar surface area (TPSA) is 43.1 Å². The molecule has 0 aromatic rings. The molecule has 0 aliphatic carbocycles. The average Bonchev–Trinajstić information content (AvgIpc) is 1.38. The van der Waals surface area contributed by atoms with Crippen LogP contribution in [0.5, 0.6) is 0 Å². The van der Waals surface area contributed by atoms with Gasteiger partial charge < -0.3 is 10.5 Å². The summed E-state index contributed by atoms with van der Waals surface area (Å²) in [6, 6.07) is -0.296. The first-order valence-electron chi connectivity index (χ1n) is 1.48. The fourth-order valence-electron chi connectivity index (χ4n) is 0. The first kappa shape index (κ1) is 4.63. The maximum absolute atomic E-state index is 9.38. The number of nitrogens with two attached hydrogens (primary N) is 1. The third kappa shape index (κ3) is 3.63. The predicted octanol–water partition coefficient (Wildman–Crippen LogP) is -0.468. The Morgan fingerprint density at radius 1 is 2.00 bits per heavy atom. The minimum absolute atomic E-state index is 0.296. The van der Waals surface area contributed by atoms with E-state index in [1.165, 1.54) is 0 Å². The van der Waals surface area contributed by atoms with Crippen molar-refractivity contribution in [2.45, 2.75) is 13.0 Å². The molecule has 0 aliphatic heterocycles. The Hall–Kier alpha value is -0.370. The number of hydrogen-bond acceptors (Lipinski definition) is 2. The molecular formula is C3H7NO. The van der Waals surface area contributed by atoms with E-state index in [-0.39, 0.29) is 6.04 Å². The van der Waals surface area contributed by atoms with E-state index in [0.29, 0.717) is 6.29 Å². The Morgan fingerprint density at radius 3 is 2.20 bits per heavy atom. The quantitative estimate of drug-likeness (QED) is 0.426. The molecule has 0 bridgehead atoms. The first-order chi connectivity index (χ1) is 2.27. The van der Waals surface area contributed by atoms with Gasteiger partial charge in [-0.25, -0.2) is 0 Å². The van der Waals surface area contributed by atoms with Crippen molar-refractivity contribution in [1.82, 2.24) is 0 Å². The summed E-state index contributed by atoms with van der Waals surface area (Å²) in [5, 5.41) is 0. The van der Waals surface area contributed by atoms with Crippen molar-refractivity contribution in [1.29, 1.82) is 0 Å². The molecule has 0 unspecified atom stereocenters. The number of carbonyl (C=O) groups is 1. The summed E-state index contributed by atoms with van der Waals surface area (Å²) >= 11 is 0. The molecule has 2 N–H and O–H groups in total. The lowest BCUT2D eigenvalue weighted by atomic mass is 10.4. The zero-order valence-corrected chi connectivity index (χ0v) is 3.14. The zero-order valence-electron chi connectivity index (χ0n) is 3.14. The van der Waals surface area contributed by atoms with E-state index >= 15 is 0 Å². The average molecular weight is 73.1 g/mol. The number of aldehydes is 1. The van der Waals surface area contributed by atoms with Crippen LogP contribution in [0.25, 0.3) is 0 Å². The highest BCUT2D eigenvalue weighted by Crippen LogP contribution is 1.55. The van der Waals surface area contributed by atoms with Crippen molar-refractivity contribution in [3.05, 3.63) is 0 Å². The fraction of sp³-hybridized carbons (Fsp3) is 0.667. The van der Waals surface area contributed by atoms with Gasteiger partial charge in [-0.1, -0.05) is 0 Å². The van der Waals surface area contributed by atoms with E-state index < -0.39 is 0 Å². The lowest BCUT2D eigenvalue weighted by Gasteiger charge is -1.80. The second kappa shape index (κ2) is 1.91. The van der Waals surface area contributed by atoms with Crippen molar-refractivity contribution < 1.29 is 4.79 Å². The van der Waals surface area contributed by atoms with E-state index in [1.54, 1.807) is 6.92 Å². The van der Waals surface area contributed by atoms with E-state index in [9.17, 15) is 4.79 Å². The highest BCUT2D eigenvalue weighted by molar-refractivity contribution is 5.55. The minimum atomic E-state index is -0.296. The molecule has 2 nitrogen and oxygen atoms in total. The summed E-state index contributed by atoms with van der Waals surface area (Å²) in [6.45, 7) is 1.63. The number of hydrogen-bond donors (Lipinski definition) is 1. The molecule has 0 aliphatic rings. The zero-order chi connectivity index (χ0) is 4.28. The van der Waals surface area contributed by atoms with Gasteiger partial charge in [0.2, 0.25) is 0 Å². The molecule has 0 saturated carbocycles. The lowest BCUT2D eigenvalue weighted by Crippen LogP contribution is -2.15. The van der Waals surface area contributed by atoms with Gasteiger partial charge in [-0.05, 0) is 6.92 Å². The van der Waals surface area contributed by atoms with Gasteiger partial charge in [0.1, 0.15) is 6.29 Å². The highest BCUT2D eigenvalue weighted by atomic mass is 16.1. The fourth-order valence-corrected chi connectivity index (χ4v) is 0. The molecule has 1 atom stereocenters. The summed E-state index contributed by atoms with van der Waals surface area (Å²) in [5.41, 5.74) is 4.92. The van der Waals surface area contributed by atoms with Gasteiger partial charge in [0, 0.05) is 0 Å². The Balaban J connectivity index is 2.83. The van der Waals surface area contributed by atoms with Gasteiger partial charge in [-0.3, -0.25) is 0 Å². The van der Waals surface area contributed by atoms with E-state index in [0.717, 1.165) is 0 Å². The maximum Gasteiger partial charge on any atom is 0.136 e. The van der Waals surface area contributed by atoms with Crippen LogP contribution in [-0.4, -0.2) is 12.3 Å². The Labute approximate surface area is 31.0 Å². The monoisotopic (exact) mass is 73.1 g/mol. The van der Waals surface area contributed by atoms with Crippen molar-refractivity contribution in [3.63, 3.8) is 0 Å². The highest BCUT2D eigenvalue weighted by Gasteiger charge is 1.79. The summed E-state index contributed by atoms with van der Waals surface area (Å²) in [5.74, 6) is 0. The van der Waals surface area contributed by atoms with E-state index in [2.05, 4.69) is 0 Å². The molecular weight excluding hydrogens is 66.0 g/mol. The van der Waals surface area contributed by atoms with Crippen LogP contribution in [0.1, 0.15) is 6.92 Å². The molecule has 0 amide bonds. The molecule has 0 spiro atoms. The third-order valence-electron chi connectivity index (χ3n) is 0.215. The summed E-state index contributed by atoms with van der Waals surface area (Å²) < 4.78 is 0. The molecule has 0 radical (unpaired) electrons. The van der Waals surface area contributed by atoms with E-state index in [4.69, 9.17) is 5.73 Å². The second-order valence-electron chi connectivity index (χ2n) is 0.995. The molecule has 0 aromatic carbocycles. The molecule has 0 rings (SSSR count). The van der Waals surface area contributed by atoms with E-state index in [1.807, 2.05) is 0 Å². The van der Waals surface area contributed by atoms with Gasteiger partial charge in [0.15, 0.2) is 0 Å². The van der Waals surface area contributed by atoms with Gasteiger partial charge in [0.05, 0.1) is 6.04 Å². The van der Waals surface area contributed by atoms with Crippen LogP contribution in [0.4, 0.5) is 0 Å². The Kier molecular flexibility index (Phi) is 1.76. The third-order valence-corrected chi connectivity index (χ3v) is 0.215. The molecule has 30 valence electrons. The van der Waals surface area contributed by atoms with Gasteiger partial charge >= 0.3 is 0 Å². The van der Waals surface area contributed by atoms with Crippen LogP contribution in [0.2, 0.25) is 0 Å². The molecule has 2 heteroatoms. The van der Waals surface area contributed by atoms with Gasteiger partial charge in [-0.15, -0.1) is 0 Å². The first-order valence-corrected chi connectivity index (χ1v) is 1.48. The number of rotatable bonds is 1. The van der Waals surface area contributed by atoms with Gasteiger partial charge in [-0.2, -0.15) is 0 Å². The number of carbonyl (C=O) groups excluding carboxylic acids is 1. The molecule has 0 aromatic heterocycles. The largest absolute Gasteiger partial charge is 0.322 e. The van der Waals surface area contributed by atoms with Crippen molar-refractivity contribution >= 4 is 6.29 Å². The smallest absolute Gasteiger partial charge is 0.136 e. The Bertz CT molecular complexity index is 33.9. The Morgan fingerprint density at radius 2 is 2.20 bits per heavy atom. The maximum atomic E-state index is 9.38. The lowest BCUT2D eigenvalue weighted by molar-refractivity contribution is -0.108. The molecule has 5 heavy (non-hydrogen) atoms. The van der Waals surface area contributed by atoms with Crippen LogP contribution in [-0.2, 0) is 4.79 Å². The normalized spacial score (nSPS) is 14.0. The standard InChI is InChI=1S/C3H7NO/c1-3(4)2-5/h2-3H,4H2,1H3/t3-/m0/s1. The minimum Gasteiger partial charge on any atom is -0.322 e. The predicted molar refractivity (Wildman–Crippen MR) is 19.7 cm³/mol. The second-order valence-corrected chi connectivity index (χ2v) is 0.995. The molecule has 0 fully saturated rings. The summed E-state index contributed by atoms with van der Waals surface area (Å²) in [4.78, 5) is 9.38. The van der Waals surface area contributed by atoms with Crippen LogP contribution in [0.15, 0.2) is 0 Å². The molecule has 0 saturated heterocycles. The van der Waals surface area contributed by atoms with Crippen LogP contribution in [0, 0.1) is 0 Å².